The molecule has 6 nitrogen and oxygen atoms in total. The molecule has 1 atom stereocenters. The van der Waals surface area contributed by atoms with Gasteiger partial charge in [0.15, 0.2) is 5.60 Å². The second kappa shape index (κ2) is 8.97. The zero-order chi connectivity index (χ0) is 20.0. The van der Waals surface area contributed by atoms with Gasteiger partial charge in [-0.15, -0.1) is 0 Å². The van der Waals surface area contributed by atoms with Crippen LogP contribution in [0.2, 0.25) is 0 Å². The molecule has 1 unspecified atom stereocenters. The van der Waals surface area contributed by atoms with Crippen molar-refractivity contribution >= 4 is 11.8 Å². The standard InChI is InChI=1S/C22H27N3O3/c1-3-20(26)25-12-13-28-22(16-25,21(27)24-4-2)14-17-8-5-6-10-19(17)18-9-7-11-23-15-18/h5-11,15H,3-4,12-14,16H2,1-2H3,(H,24,27). The largest absolute Gasteiger partial charge is 0.361 e. The number of carbonyl (C=O) groups excluding carboxylic acids is 2. The highest BCUT2D eigenvalue weighted by atomic mass is 16.5. The first-order valence-corrected chi connectivity index (χ1v) is 9.78. The summed E-state index contributed by atoms with van der Waals surface area (Å²) in [5, 5.41) is 2.90. The number of aromatic nitrogens is 1. The Balaban J connectivity index is 1.97. The van der Waals surface area contributed by atoms with E-state index in [9.17, 15) is 9.59 Å². The maximum absolute atomic E-state index is 13.0. The number of carbonyl (C=O) groups is 2. The molecule has 2 amide bonds. The molecule has 1 aliphatic rings. The molecule has 1 N–H and O–H groups in total. The summed E-state index contributed by atoms with van der Waals surface area (Å²) in [6.45, 7) is 5.34. The van der Waals surface area contributed by atoms with Crippen LogP contribution in [0.5, 0.6) is 0 Å². The van der Waals surface area contributed by atoms with Gasteiger partial charge in [0, 0.05) is 43.9 Å². The molecule has 0 spiro atoms. The lowest BCUT2D eigenvalue weighted by molar-refractivity contribution is -0.165. The number of rotatable bonds is 6. The average molecular weight is 381 g/mol. The van der Waals surface area contributed by atoms with Crippen LogP contribution >= 0.6 is 0 Å². The predicted molar refractivity (Wildman–Crippen MR) is 108 cm³/mol. The van der Waals surface area contributed by atoms with Crippen molar-refractivity contribution in [3.05, 3.63) is 54.4 Å². The maximum atomic E-state index is 13.0. The first-order chi connectivity index (χ1) is 13.6. The Morgan fingerprint density at radius 1 is 1.21 bits per heavy atom. The van der Waals surface area contributed by atoms with Crippen LogP contribution in [-0.4, -0.2) is 53.5 Å². The van der Waals surface area contributed by atoms with Crippen LogP contribution in [0.4, 0.5) is 0 Å². The fraction of sp³-hybridized carbons (Fsp3) is 0.409. The molecule has 28 heavy (non-hydrogen) atoms. The van der Waals surface area contributed by atoms with Gasteiger partial charge in [-0.1, -0.05) is 37.3 Å². The normalized spacial score (nSPS) is 19.3. The molecule has 1 saturated heterocycles. The Morgan fingerprint density at radius 3 is 2.75 bits per heavy atom. The van der Waals surface area contributed by atoms with Crippen LogP contribution in [-0.2, 0) is 20.7 Å². The van der Waals surface area contributed by atoms with Crippen LogP contribution in [0.1, 0.15) is 25.8 Å². The van der Waals surface area contributed by atoms with Crippen molar-refractivity contribution < 1.29 is 14.3 Å². The fourth-order valence-electron chi connectivity index (χ4n) is 3.65. The fourth-order valence-corrected chi connectivity index (χ4v) is 3.65. The second-order valence-corrected chi connectivity index (χ2v) is 6.95. The van der Waals surface area contributed by atoms with E-state index in [2.05, 4.69) is 10.3 Å². The Bertz CT molecular complexity index is 825. The lowest BCUT2D eigenvalue weighted by Crippen LogP contribution is -2.62. The van der Waals surface area contributed by atoms with Crippen molar-refractivity contribution in [1.82, 2.24) is 15.2 Å². The molecule has 1 aromatic carbocycles. The average Bonchev–Trinajstić information content (AvgIpc) is 2.74. The van der Waals surface area contributed by atoms with Gasteiger partial charge in [0.2, 0.25) is 5.91 Å². The van der Waals surface area contributed by atoms with E-state index in [1.807, 2.05) is 56.4 Å². The predicted octanol–water partition coefficient (Wildman–Crippen LogP) is 2.43. The van der Waals surface area contributed by atoms with Gasteiger partial charge in [-0.25, -0.2) is 0 Å². The van der Waals surface area contributed by atoms with E-state index in [0.29, 0.717) is 32.5 Å². The third-order valence-corrected chi connectivity index (χ3v) is 5.06. The minimum absolute atomic E-state index is 0.0394. The van der Waals surface area contributed by atoms with E-state index in [-0.39, 0.29) is 18.4 Å². The van der Waals surface area contributed by atoms with Crippen molar-refractivity contribution in [2.24, 2.45) is 0 Å². The zero-order valence-corrected chi connectivity index (χ0v) is 16.5. The summed E-state index contributed by atoms with van der Waals surface area (Å²) in [5.74, 6) is -0.137. The molecule has 148 valence electrons. The van der Waals surface area contributed by atoms with Gasteiger partial charge in [0.05, 0.1) is 13.2 Å². The van der Waals surface area contributed by atoms with Crippen molar-refractivity contribution in [3.8, 4) is 11.1 Å². The highest BCUT2D eigenvalue weighted by Crippen LogP contribution is 2.30. The van der Waals surface area contributed by atoms with Gasteiger partial charge >= 0.3 is 0 Å². The molecule has 1 aromatic heterocycles. The second-order valence-electron chi connectivity index (χ2n) is 6.95. The van der Waals surface area contributed by atoms with Crippen molar-refractivity contribution in [2.75, 3.05) is 26.2 Å². The number of ether oxygens (including phenoxy) is 1. The topological polar surface area (TPSA) is 71.5 Å². The minimum atomic E-state index is -1.10. The molecule has 6 heteroatoms. The molecular formula is C22H27N3O3. The molecule has 1 aliphatic heterocycles. The molecule has 0 bridgehead atoms. The number of nitrogens with zero attached hydrogens (tertiary/aromatic N) is 2. The van der Waals surface area contributed by atoms with E-state index in [0.717, 1.165) is 16.7 Å². The van der Waals surface area contributed by atoms with Gasteiger partial charge in [-0.05, 0) is 24.1 Å². The van der Waals surface area contributed by atoms with E-state index in [1.54, 1.807) is 11.1 Å². The van der Waals surface area contributed by atoms with Crippen molar-refractivity contribution in [1.29, 1.82) is 0 Å². The lowest BCUT2D eigenvalue weighted by atomic mass is 9.87. The quantitative estimate of drug-likeness (QED) is 0.834. The number of amides is 2. The molecule has 2 heterocycles. The summed E-state index contributed by atoms with van der Waals surface area (Å²) < 4.78 is 6.08. The van der Waals surface area contributed by atoms with Crippen molar-refractivity contribution in [3.63, 3.8) is 0 Å². The first kappa shape index (κ1) is 20.0. The third kappa shape index (κ3) is 4.22. The molecule has 0 aliphatic carbocycles. The molecule has 0 saturated carbocycles. The lowest BCUT2D eigenvalue weighted by Gasteiger charge is -2.42. The zero-order valence-electron chi connectivity index (χ0n) is 16.5. The smallest absolute Gasteiger partial charge is 0.254 e. The minimum Gasteiger partial charge on any atom is -0.361 e. The SMILES string of the molecule is CCNC(=O)C1(Cc2ccccc2-c2cccnc2)CN(C(=O)CC)CCO1. The Labute approximate surface area is 165 Å². The van der Waals surface area contributed by atoms with E-state index in [4.69, 9.17) is 4.74 Å². The summed E-state index contributed by atoms with van der Waals surface area (Å²) in [4.78, 5) is 31.3. The third-order valence-electron chi connectivity index (χ3n) is 5.06. The van der Waals surface area contributed by atoms with Gasteiger partial charge in [0.25, 0.3) is 5.91 Å². The number of hydrogen-bond acceptors (Lipinski definition) is 4. The summed E-state index contributed by atoms with van der Waals surface area (Å²) >= 11 is 0. The molecule has 2 aromatic rings. The molecule has 0 radical (unpaired) electrons. The van der Waals surface area contributed by atoms with Gasteiger partial charge in [0.1, 0.15) is 0 Å². The van der Waals surface area contributed by atoms with Crippen LogP contribution in [0, 0.1) is 0 Å². The van der Waals surface area contributed by atoms with Gasteiger partial charge < -0.3 is 15.0 Å². The van der Waals surface area contributed by atoms with E-state index < -0.39 is 5.60 Å². The molecule has 1 fully saturated rings. The highest BCUT2D eigenvalue weighted by molar-refractivity contribution is 5.87. The number of morpholine rings is 1. The summed E-state index contributed by atoms with van der Waals surface area (Å²) in [5.41, 5.74) is 1.90. The van der Waals surface area contributed by atoms with Gasteiger partial charge in [-0.3, -0.25) is 14.6 Å². The number of likely N-dealkylation sites (N-methyl/N-ethyl adjacent to an activating group) is 1. The summed E-state index contributed by atoms with van der Waals surface area (Å²) in [6.07, 6.45) is 4.35. The van der Waals surface area contributed by atoms with Crippen molar-refractivity contribution in [2.45, 2.75) is 32.3 Å². The summed E-state index contributed by atoms with van der Waals surface area (Å²) in [6, 6.07) is 11.9. The maximum Gasteiger partial charge on any atom is 0.254 e. The number of nitrogens with one attached hydrogen (secondary N) is 1. The van der Waals surface area contributed by atoms with Gasteiger partial charge in [-0.2, -0.15) is 0 Å². The van der Waals surface area contributed by atoms with E-state index in [1.165, 1.54) is 0 Å². The number of benzene rings is 1. The monoisotopic (exact) mass is 381 g/mol. The Hall–Kier alpha value is -2.73. The van der Waals surface area contributed by atoms with Crippen LogP contribution < -0.4 is 5.32 Å². The Morgan fingerprint density at radius 2 is 2.04 bits per heavy atom. The van der Waals surface area contributed by atoms with Crippen LogP contribution in [0.15, 0.2) is 48.8 Å². The van der Waals surface area contributed by atoms with Crippen LogP contribution in [0.25, 0.3) is 11.1 Å². The number of pyridine rings is 1. The van der Waals surface area contributed by atoms with Crippen LogP contribution in [0.3, 0.4) is 0 Å². The first-order valence-electron chi connectivity index (χ1n) is 9.78. The molecular weight excluding hydrogens is 354 g/mol. The Kier molecular flexibility index (Phi) is 6.41. The number of hydrogen-bond donors (Lipinski definition) is 1. The highest BCUT2D eigenvalue weighted by Gasteiger charge is 2.45. The summed E-state index contributed by atoms with van der Waals surface area (Å²) in [7, 11) is 0. The van der Waals surface area contributed by atoms with E-state index >= 15 is 0 Å². The molecule has 3 rings (SSSR count).